The third kappa shape index (κ3) is 3.73. The van der Waals surface area contributed by atoms with Crippen molar-refractivity contribution in [1.82, 2.24) is 9.55 Å². The number of rotatable bonds is 4. The third-order valence-electron chi connectivity index (χ3n) is 4.74. The van der Waals surface area contributed by atoms with Crippen molar-refractivity contribution in [2.24, 2.45) is 0 Å². The maximum Gasteiger partial charge on any atom is 0.269 e. The van der Waals surface area contributed by atoms with Crippen LogP contribution in [0.4, 0.5) is 5.69 Å². The van der Waals surface area contributed by atoms with Crippen molar-refractivity contribution < 1.29 is 4.92 Å². The van der Waals surface area contributed by atoms with E-state index in [1.165, 1.54) is 16.7 Å². The van der Waals surface area contributed by atoms with E-state index in [-0.39, 0.29) is 11.2 Å². The van der Waals surface area contributed by atoms with Crippen LogP contribution in [0, 0.1) is 17.0 Å². The van der Waals surface area contributed by atoms with Gasteiger partial charge in [-0.3, -0.25) is 19.5 Å². The zero-order valence-electron chi connectivity index (χ0n) is 15.9. The second-order valence-electron chi connectivity index (χ2n) is 6.74. The summed E-state index contributed by atoms with van der Waals surface area (Å²) in [6, 6.07) is 18.7. The van der Waals surface area contributed by atoms with Crippen LogP contribution in [0.1, 0.15) is 17.0 Å². The Bertz CT molecular complexity index is 1360. The quantitative estimate of drug-likeness (QED) is 0.328. The number of hydrogen-bond acceptors (Lipinski definition) is 4. The van der Waals surface area contributed by atoms with Gasteiger partial charge >= 0.3 is 0 Å². The van der Waals surface area contributed by atoms with Crippen molar-refractivity contribution >= 4 is 40.3 Å². The predicted octanol–water partition coefficient (Wildman–Crippen LogP) is 5.43. The van der Waals surface area contributed by atoms with Gasteiger partial charge in [-0.15, -0.1) is 0 Å². The van der Waals surface area contributed by atoms with Crippen molar-refractivity contribution in [1.29, 1.82) is 0 Å². The molecule has 0 saturated heterocycles. The Morgan fingerprint density at radius 2 is 1.77 bits per heavy atom. The Labute approximate surface area is 176 Å². The molecule has 0 aliphatic rings. The highest BCUT2D eigenvalue weighted by atomic mass is 35.5. The number of non-ortho nitro benzene ring substituents is 1. The van der Waals surface area contributed by atoms with E-state index in [0.29, 0.717) is 27.4 Å². The Morgan fingerprint density at radius 1 is 1.03 bits per heavy atom. The number of fused-ring (bicyclic) bond motifs is 1. The molecular weight excluding hydrogens is 402 g/mol. The molecule has 0 fully saturated rings. The van der Waals surface area contributed by atoms with Gasteiger partial charge in [-0.05, 0) is 60.5 Å². The molecule has 4 aromatic rings. The van der Waals surface area contributed by atoms with E-state index in [9.17, 15) is 14.9 Å². The summed E-state index contributed by atoms with van der Waals surface area (Å²) in [5.74, 6) is 0.428. The van der Waals surface area contributed by atoms with Gasteiger partial charge in [0.2, 0.25) is 0 Å². The lowest BCUT2D eigenvalue weighted by atomic mass is 10.1. The number of aromatic nitrogens is 2. The molecule has 7 heteroatoms. The van der Waals surface area contributed by atoms with Crippen LogP contribution in [0.15, 0.2) is 71.5 Å². The fourth-order valence-electron chi connectivity index (χ4n) is 3.11. The Morgan fingerprint density at radius 3 is 2.47 bits per heavy atom. The second-order valence-corrected chi connectivity index (χ2v) is 7.15. The van der Waals surface area contributed by atoms with E-state index in [4.69, 9.17) is 11.6 Å². The van der Waals surface area contributed by atoms with Crippen molar-refractivity contribution in [3.05, 3.63) is 109 Å². The highest BCUT2D eigenvalue weighted by Gasteiger charge is 2.12. The number of aryl methyl sites for hydroxylation is 1. The lowest BCUT2D eigenvalue weighted by Crippen LogP contribution is -2.22. The molecular formula is C23H16ClN3O3. The average Bonchev–Trinajstić information content (AvgIpc) is 2.75. The first-order valence-corrected chi connectivity index (χ1v) is 9.53. The summed E-state index contributed by atoms with van der Waals surface area (Å²) in [4.78, 5) is 28.3. The van der Waals surface area contributed by atoms with Crippen molar-refractivity contribution in [3.63, 3.8) is 0 Å². The third-order valence-corrected chi connectivity index (χ3v) is 5.15. The lowest BCUT2D eigenvalue weighted by Gasteiger charge is -2.12. The molecule has 0 atom stereocenters. The monoisotopic (exact) mass is 417 g/mol. The predicted molar refractivity (Wildman–Crippen MR) is 119 cm³/mol. The molecule has 1 aromatic heterocycles. The van der Waals surface area contributed by atoms with Crippen molar-refractivity contribution in [3.8, 4) is 5.69 Å². The summed E-state index contributed by atoms with van der Waals surface area (Å²) in [5, 5.41) is 11.9. The molecule has 0 amide bonds. The van der Waals surface area contributed by atoms with Gasteiger partial charge in [0.15, 0.2) is 0 Å². The molecule has 0 saturated carbocycles. The molecule has 0 N–H and O–H groups in total. The summed E-state index contributed by atoms with van der Waals surface area (Å²) < 4.78 is 1.51. The minimum absolute atomic E-state index is 0.0159. The first kappa shape index (κ1) is 19.5. The molecule has 4 rings (SSSR count). The van der Waals surface area contributed by atoms with E-state index in [2.05, 4.69) is 4.98 Å². The summed E-state index contributed by atoms with van der Waals surface area (Å²) in [7, 11) is 0. The molecule has 0 bridgehead atoms. The number of para-hydroxylation sites is 1. The van der Waals surface area contributed by atoms with E-state index in [1.54, 1.807) is 48.6 Å². The Hall–Kier alpha value is -3.77. The highest BCUT2D eigenvalue weighted by Crippen LogP contribution is 2.21. The fourth-order valence-corrected chi connectivity index (χ4v) is 3.28. The number of hydrogen-bond donors (Lipinski definition) is 0. The molecule has 30 heavy (non-hydrogen) atoms. The molecule has 0 aliphatic carbocycles. The molecule has 0 spiro atoms. The van der Waals surface area contributed by atoms with Gasteiger partial charge in [-0.2, -0.15) is 0 Å². The molecule has 0 aliphatic heterocycles. The van der Waals surface area contributed by atoms with Crippen LogP contribution < -0.4 is 5.56 Å². The number of nitro benzene ring substituents is 1. The SMILES string of the molecule is Cc1ccc(-n2c(/C=C/c3ccc([N+](=O)[O-])cc3)nc3ccccc3c2=O)cc1Cl. The second kappa shape index (κ2) is 7.93. The molecule has 1 heterocycles. The molecule has 3 aromatic carbocycles. The first-order valence-electron chi connectivity index (χ1n) is 9.15. The normalized spacial score (nSPS) is 11.3. The maximum atomic E-state index is 13.2. The van der Waals surface area contributed by atoms with Crippen LogP contribution in [-0.2, 0) is 0 Å². The van der Waals surface area contributed by atoms with E-state index in [0.717, 1.165) is 11.1 Å². The van der Waals surface area contributed by atoms with Gasteiger partial charge in [-0.25, -0.2) is 4.98 Å². The maximum absolute atomic E-state index is 13.2. The van der Waals surface area contributed by atoms with Crippen LogP contribution in [-0.4, -0.2) is 14.5 Å². The van der Waals surface area contributed by atoms with Gasteiger partial charge in [0.1, 0.15) is 5.82 Å². The fraction of sp³-hybridized carbons (Fsp3) is 0.0435. The topological polar surface area (TPSA) is 78.0 Å². The van der Waals surface area contributed by atoms with Crippen LogP contribution in [0.3, 0.4) is 0 Å². The van der Waals surface area contributed by atoms with Gasteiger partial charge < -0.3 is 0 Å². The van der Waals surface area contributed by atoms with Crippen LogP contribution in [0.5, 0.6) is 0 Å². The zero-order chi connectivity index (χ0) is 21.3. The summed E-state index contributed by atoms with van der Waals surface area (Å²) in [6.07, 6.45) is 3.47. The number of nitrogens with zero attached hydrogens (tertiary/aromatic N) is 3. The first-order chi connectivity index (χ1) is 14.4. The van der Waals surface area contributed by atoms with Gasteiger partial charge in [-0.1, -0.05) is 35.9 Å². The Balaban J connectivity index is 1.88. The summed E-state index contributed by atoms with van der Waals surface area (Å²) >= 11 is 6.29. The van der Waals surface area contributed by atoms with Gasteiger partial charge in [0.25, 0.3) is 11.2 Å². The van der Waals surface area contributed by atoms with Crippen LogP contribution in [0.25, 0.3) is 28.7 Å². The van der Waals surface area contributed by atoms with Crippen molar-refractivity contribution in [2.45, 2.75) is 6.92 Å². The van der Waals surface area contributed by atoms with E-state index < -0.39 is 4.92 Å². The number of nitro groups is 1. The van der Waals surface area contributed by atoms with Crippen LogP contribution >= 0.6 is 11.6 Å². The number of halogens is 1. The van der Waals surface area contributed by atoms with Gasteiger partial charge in [0.05, 0.1) is 21.5 Å². The van der Waals surface area contributed by atoms with Crippen molar-refractivity contribution in [2.75, 3.05) is 0 Å². The molecule has 148 valence electrons. The minimum atomic E-state index is -0.447. The van der Waals surface area contributed by atoms with Crippen LogP contribution in [0.2, 0.25) is 5.02 Å². The molecule has 6 nitrogen and oxygen atoms in total. The molecule has 0 radical (unpaired) electrons. The summed E-state index contributed by atoms with van der Waals surface area (Å²) in [6.45, 7) is 1.89. The number of benzene rings is 3. The van der Waals surface area contributed by atoms with E-state index >= 15 is 0 Å². The largest absolute Gasteiger partial charge is 0.269 e. The smallest absolute Gasteiger partial charge is 0.268 e. The average molecular weight is 418 g/mol. The molecule has 0 unspecified atom stereocenters. The standard InChI is InChI=1S/C23H16ClN3O3/c1-15-6-10-18(14-20(15)24)26-22(25-21-5-3-2-4-19(21)23(26)28)13-9-16-7-11-17(12-8-16)27(29)30/h2-14H,1H3/b13-9+. The van der Waals surface area contributed by atoms with Gasteiger partial charge in [0, 0.05) is 17.2 Å². The minimum Gasteiger partial charge on any atom is -0.268 e. The summed E-state index contributed by atoms with van der Waals surface area (Å²) in [5.41, 5.74) is 2.66. The Kier molecular flexibility index (Phi) is 5.16. The van der Waals surface area contributed by atoms with E-state index in [1.807, 2.05) is 25.1 Å². The zero-order valence-corrected chi connectivity index (χ0v) is 16.7. The highest BCUT2D eigenvalue weighted by molar-refractivity contribution is 6.31. The lowest BCUT2D eigenvalue weighted by molar-refractivity contribution is -0.384.